The van der Waals surface area contributed by atoms with Crippen molar-refractivity contribution in [3.05, 3.63) is 59.7 Å². The van der Waals surface area contributed by atoms with Crippen LogP contribution in [-0.4, -0.2) is 37.1 Å². The zero-order chi connectivity index (χ0) is 20.2. The van der Waals surface area contributed by atoms with Gasteiger partial charge in [0.1, 0.15) is 11.5 Å². The Balaban J connectivity index is 1.60. The van der Waals surface area contributed by atoms with Gasteiger partial charge in [-0.05, 0) is 81.5 Å². The topological polar surface area (TPSA) is 38.8 Å². The molecule has 0 fully saturated rings. The zero-order valence-corrected chi connectivity index (χ0v) is 17.4. The second-order valence-electron chi connectivity index (χ2n) is 6.76. The molecule has 0 aliphatic carbocycles. The number of benzene rings is 2. The number of hydrogen-bond donors (Lipinski definition) is 0. The molecule has 0 aliphatic rings. The molecule has 0 saturated carbocycles. The number of nitrogens with zero attached hydrogens (tertiary/aromatic N) is 1. The van der Waals surface area contributed by atoms with E-state index in [-0.39, 0.29) is 5.91 Å². The number of amides is 1. The number of ether oxygens (including phenoxy) is 2. The largest absolute Gasteiger partial charge is 0.494 e. The maximum Gasteiger partial charge on any atom is 0.253 e. The highest BCUT2D eigenvalue weighted by Gasteiger charge is 2.11. The van der Waals surface area contributed by atoms with E-state index in [2.05, 4.69) is 19.1 Å². The first kappa shape index (κ1) is 21.8. The lowest BCUT2D eigenvalue weighted by Crippen LogP contribution is -2.30. The van der Waals surface area contributed by atoms with E-state index in [1.807, 2.05) is 55.1 Å². The molecule has 28 heavy (non-hydrogen) atoms. The second-order valence-corrected chi connectivity index (χ2v) is 6.76. The lowest BCUT2D eigenvalue weighted by molar-refractivity contribution is 0.0773. The Morgan fingerprint density at radius 3 is 1.71 bits per heavy atom. The van der Waals surface area contributed by atoms with Crippen LogP contribution in [0.3, 0.4) is 0 Å². The van der Waals surface area contributed by atoms with Gasteiger partial charge in [-0.1, -0.05) is 19.1 Å². The summed E-state index contributed by atoms with van der Waals surface area (Å²) in [5, 5.41) is 0. The minimum Gasteiger partial charge on any atom is -0.494 e. The van der Waals surface area contributed by atoms with Gasteiger partial charge in [0.2, 0.25) is 0 Å². The molecule has 2 aromatic rings. The number of carbonyl (C=O) groups is 1. The molecule has 0 saturated heterocycles. The van der Waals surface area contributed by atoms with Gasteiger partial charge in [0.05, 0.1) is 13.2 Å². The molecule has 2 aromatic carbocycles. The van der Waals surface area contributed by atoms with Crippen LogP contribution in [0.1, 0.15) is 56.0 Å². The maximum atomic E-state index is 12.3. The van der Waals surface area contributed by atoms with E-state index >= 15 is 0 Å². The monoisotopic (exact) mass is 383 g/mol. The van der Waals surface area contributed by atoms with Crippen LogP contribution in [0, 0.1) is 0 Å². The Labute approximate surface area is 169 Å². The first-order chi connectivity index (χ1) is 13.7. The summed E-state index contributed by atoms with van der Waals surface area (Å²) in [6, 6.07) is 15.7. The molecule has 4 heteroatoms. The molecular formula is C24H33NO3. The third-order valence-corrected chi connectivity index (χ3v) is 4.81. The fourth-order valence-electron chi connectivity index (χ4n) is 2.97. The van der Waals surface area contributed by atoms with Gasteiger partial charge in [-0.25, -0.2) is 0 Å². The van der Waals surface area contributed by atoms with Crippen LogP contribution in [0.5, 0.6) is 11.5 Å². The third kappa shape index (κ3) is 6.91. The molecule has 152 valence electrons. The van der Waals surface area contributed by atoms with Crippen molar-refractivity contribution in [2.45, 2.75) is 46.5 Å². The van der Waals surface area contributed by atoms with E-state index in [1.165, 1.54) is 5.56 Å². The van der Waals surface area contributed by atoms with Crippen molar-refractivity contribution < 1.29 is 14.3 Å². The van der Waals surface area contributed by atoms with Gasteiger partial charge in [0.15, 0.2) is 0 Å². The highest BCUT2D eigenvalue weighted by Crippen LogP contribution is 2.15. The molecule has 0 N–H and O–H groups in total. The lowest BCUT2D eigenvalue weighted by atomic mass is 10.2. The molecule has 0 radical (unpaired) electrons. The quantitative estimate of drug-likeness (QED) is 0.463. The van der Waals surface area contributed by atoms with Gasteiger partial charge in [0.25, 0.3) is 5.91 Å². The summed E-state index contributed by atoms with van der Waals surface area (Å²) in [7, 11) is 0. The van der Waals surface area contributed by atoms with E-state index < -0.39 is 0 Å². The molecule has 0 unspecified atom stereocenters. The number of rotatable bonds is 12. The summed E-state index contributed by atoms with van der Waals surface area (Å²) in [6.07, 6.45) is 4.11. The third-order valence-electron chi connectivity index (χ3n) is 4.81. The average molecular weight is 384 g/mol. The summed E-state index contributed by atoms with van der Waals surface area (Å²) in [5.41, 5.74) is 2.04. The van der Waals surface area contributed by atoms with Crippen LogP contribution >= 0.6 is 0 Å². The van der Waals surface area contributed by atoms with Gasteiger partial charge in [0, 0.05) is 18.7 Å². The summed E-state index contributed by atoms with van der Waals surface area (Å²) < 4.78 is 11.5. The van der Waals surface area contributed by atoms with Crippen molar-refractivity contribution in [1.82, 2.24) is 4.90 Å². The molecule has 0 heterocycles. The number of unbranched alkanes of at least 4 members (excludes halogenated alkanes) is 2. The maximum absolute atomic E-state index is 12.3. The predicted octanol–water partition coefficient (Wildman–Crippen LogP) is 5.36. The standard InChI is InChI=1S/C24H33NO3/c1-4-20-10-14-22(15-11-20)27-18-8-7-9-19-28-23-16-12-21(13-17-23)24(26)25(5-2)6-3/h10-17H,4-9,18-19H2,1-3H3. The number of aryl methyl sites for hydroxylation is 1. The minimum atomic E-state index is 0.0703. The van der Waals surface area contributed by atoms with E-state index in [0.29, 0.717) is 12.2 Å². The first-order valence-electron chi connectivity index (χ1n) is 10.4. The van der Waals surface area contributed by atoms with Crippen molar-refractivity contribution >= 4 is 5.91 Å². The normalized spacial score (nSPS) is 10.5. The van der Waals surface area contributed by atoms with Gasteiger partial charge < -0.3 is 14.4 Å². The van der Waals surface area contributed by atoms with Gasteiger partial charge in [-0.3, -0.25) is 4.79 Å². The molecule has 2 rings (SSSR count). The lowest BCUT2D eigenvalue weighted by Gasteiger charge is -2.18. The van der Waals surface area contributed by atoms with Crippen LogP contribution in [-0.2, 0) is 6.42 Å². The van der Waals surface area contributed by atoms with Crippen LogP contribution < -0.4 is 9.47 Å². The van der Waals surface area contributed by atoms with Gasteiger partial charge >= 0.3 is 0 Å². The predicted molar refractivity (Wildman–Crippen MR) is 114 cm³/mol. The van der Waals surface area contributed by atoms with Gasteiger partial charge in [-0.15, -0.1) is 0 Å². The van der Waals surface area contributed by atoms with E-state index in [0.717, 1.165) is 56.9 Å². The van der Waals surface area contributed by atoms with Crippen LogP contribution in [0.4, 0.5) is 0 Å². The summed E-state index contributed by atoms with van der Waals surface area (Å²) >= 11 is 0. The van der Waals surface area contributed by atoms with Crippen molar-refractivity contribution in [2.75, 3.05) is 26.3 Å². The Morgan fingerprint density at radius 2 is 1.25 bits per heavy atom. The van der Waals surface area contributed by atoms with Crippen LogP contribution in [0.25, 0.3) is 0 Å². The summed E-state index contributed by atoms with van der Waals surface area (Å²) in [5.74, 6) is 1.82. The van der Waals surface area contributed by atoms with Crippen molar-refractivity contribution in [1.29, 1.82) is 0 Å². The van der Waals surface area contributed by atoms with Crippen LogP contribution in [0.2, 0.25) is 0 Å². The highest BCUT2D eigenvalue weighted by molar-refractivity contribution is 5.94. The minimum absolute atomic E-state index is 0.0703. The molecular weight excluding hydrogens is 350 g/mol. The second kappa shape index (κ2) is 12.1. The van der Waals surface area contributed by atoms with E-state index in [4.69, 9.17) is 9.47 Å². The Morgan fingerprint density at radius 1 is 0.750 bits per heavy atom. The molecule has 0 spiro atoms. The molecule has 0 aromatic heterocycles. The number of hydrogen-bond acceptors (Lipinski definition) is 3. The smallest absolute Gasteiger partial charge is 0.253 e. The Kier molecular flexibility index (Phi) is 9.40. The van der Waals surface area contributed by atoms with E-state index in [1.54, 1.807) is 0 Å². The first-order valence-corrected chi connectivity index (χ1v) is 10.4. The molecule has 1 amide bonds. The fraction of sp³-hybridized carbons (Fsp3) is 0.458. The van der Waals surface area contributed by atoms with Crippen molar-refractivity contribution in [3.8, 4) is 11.5 Å². The molecule has 0 aliphatic heterocycles. The Hall–Kier alpha value is -2.49. The highest BCUT2D eigenvalue weighted by atomic mass is 16.5. The Bertz CT molecular complexity index is 691. The van der Waals surface area contributed by atoms with Crippen molar-refractivity contribution in [2.24, 2.45) is 0 Å². The molecule has 0 atom stereocenters. The van der Waals surface area contributed by atoms with E-state index in [9.17, 15) is 4.79 Å². The zero-order valence-electron chi connectivity index (χ0n) is 17.4. The fourth-order valence-corrected chi connectivity index (χ4v) is 2.97. The van der Waals surface area contributed by atoms with Crippen LogP contribution in [0.15, 0.2) is 48.5 Å². The SMILES string of the molecule is CCc1ccc(OCCCCCOc2ccc(C(=O)N(CC)CC)cc2)cc1. The van der Waals surface area contributed by atoms with Gasteiger partial charge in [-0.2, -0.15) is 0 Å². The number of carbonyl (C=O) groups excluding carboxylic acids is 1. The average Bonchev–Trinajstić information content (AvgIpc) is 2.74. The summed E-state index contributed by atoms with van der Waals surface area (Å²) in [6.45, 7) is 8.99. The summed E-state index contributed by atoms with van der Waals surface area (Å²) in [4.78, 5) is 14.1. The molecule has 4 nitrogen and oxygen atoms in total. The van der Waals surface area contributed by atoms with Crippen molar-refractivity contribution in [3.63, 3.8) is 0 Å². The molecule has 0 bridgehead atoms.